The second-order valence-corrected chi connectivity index (χ2v) is 10.1. The zero-order chi connectivity index (χ0) is 26.6. The molecule has 1 aliphatic rings. The maximum atomic E-state index is 14.2. The summed E-state index contributed by atoms with van der Waals surface area (Å²) in [4.78, 5) is 38.4. The number of carbonyl (C=O) groups is 2. The number of allylic oxidation sites excluding steroid dienone is 1. The summed E-state index contributed by atoms with van der Waals surface area (Å²) in [6, 6.07) is 0.826. The van der Waals surface area contributed by atoms with Crippen LogP contribution in [0.3, 0.4) is 0 Å². The maximum Gasteiger partial charge on any atom is 0.410 e. The van der Waals surface area contributed by atoms with E-state index in [-0.39, 0.29) is 40.3 Å². The molecule has 1 saturated heterocycles. The molecule has 4 rings (SSSR count). The van der Waals surface area contributed by atoms with Crippen molar-refractivity contribution in [2.75, 3.05) is 19.7 Å². The number of likely N-dealkylation sites (tertiary alicyclic amines) is 1. The topological polar surface area (TPSA) is 77.3 Å². The van der Waals surface area contributed by atoms with Gasteiger partial charge in [0.15, 0.2) is 11.6 Å². The lowest BCUT2D eigenvalue weighted by Gasteiger charge is -2.23. The number of rotatable bonds is 3. The number of benzene rings is 1. The predicted molar refractivity (Wildman–Crippen MR) is 137 cm³/mol. The average molecular weight is 521 g/mol. The van der Waals surface area contributed by atoms with Crippen LogP contribution in [0.4, 0.5) is 13.6 Å². The molecule has 0 unspecified atom stereocenters. The van der Waals surface area contributed by atoms with Crippen molar-refractivity contribution in [3.63, 3.8) is 0 Å². The van der Waals surface area contributed by atoms with Crippen LogP contribution in [0.25, 0.3) is 21.8 Å². The fourth-order valence-corrected chi connectivity index (χ4v) is 4.74. The second-order valence-electron chi connectivity index (χ2n) is 9.16. The van der Waals surface area contributed by atoms with Crippen molar-refractivity contribution >= 4 is 45.2 Å². The van der Waals surface area contributed by atoms with Crippen molar-refractivity contribution in [3.05, 3.63) is 56.7 Å². The summed E-state index contributed by atoms with van der Waals surface area (Å²) in [6.07, 6.45) is 6.61. The predicted octanol–water partition coefficient (Wildman–Crippen LogP) is 6.02. The molecule has 10 heteroatoms. The van der Waals surface area contributed by atoms with Crippen molar-refractivity contribution in [2.24, 2.45) is 0 Å². The summed E-state index contributed by atoms with van der Waals surface area (Å²) in [7, 11) is 0. The van der Waals surface area contributed by atoms with Crippen LogP contribution in [-0.2, 0) is 9.47 Å². The SMILES string of the molecule is C/C=C\c1c(F)c(F)cc2c(=O)c(C(=O)OCC)c3sccn3c12.CC(C)(C)OC(=O)N1CCCC1. The molecular formula is C26H30F2N2O5S. The van der Waals surface area contributed by atoms with E-state index in [4.69, 9.17) is 9.47 Å². The largest absolute Gasteiger partial charge is 0.462 e. The third kappa shape index (κ3) is 5.75. The minimum absolute atomic E-state index is 0.0339. The third-order valence-corrected chi connectivity index (χ3v) is 6.21. The highest BCUT2D eigenvalue weighted by molar-refractivity contribution is 7.16. The number of nitrogens with zero attached hydrogens (tertiary/aromatic N) is 2. The molecule has 0 N–H and O–H groups in total. The van der Waals surface area contributed by atoms with E-state index in [1.54, 1.807) is 36.4 Å². The molecule has 2 aromatic heterocycles. The first-order chi connectivity index (χ1) is 17.0. The minimum Gasteiger partial charge on any atom is -0.462 e. The Balaban J connectivity index is 0.000000253. The Morgan fingerprint density at radius 1 is 1.19 bits per heavy atom. The van der Waals surface area contributed by atoms with Crippen LogP contribution in [-0.4, -0.2) is 46.7 Å². The second kappa shape index (κ2) is 11.2. The summed E-state index contributed by atoms with van der Waals surface area (Å²) in [5.74, 6) is -2.96. The number of aromatic nitrogens is 1. The first-order valence-electron chi connectivity index (χ1n) is 11.7. The van der Waals surface area contributed by atoms with Crippen LogP contribution in [0, 0.1) is 11.6 Å². The third-order valence-electron chi connectivity index (χ3n) is 5.33. The molecule has 36 heavy (non-hydrogen) atoms. The monoisotopic (exact) mass is 520 g/mol. The van der Waals surface area contributed by atoms with Crippen LogP contribution < -0.4 is 5.43 Å². The maximum absolute atomic E-state index is 14.2. The van der Waals surface area contributed by atoms with Crippen LogP contribution in [0.5, 0.6) is 0 Å². The van der Waals surface area contributed by atoms with Crippen molar-refractivity contribution in [1.29, 1.82) is 0 Å². The number of ether oxygens (including phenoxy) is 2. The van der Waals surface area contributed by atoms with Gasteiger partial charge in [0.05, 0.1) is 17.5 Å². The molecule has 3 aromatic rings. The molecule has 1 aliphatic heterocycles. The van der Waals surface area contributed by atoms with Gasteiger partial charge in [-0.1, -0.05) is 12.2 Å². The first-order valence-corrected chi connectivity index (χ1v) is 12.6. The quantitative estimate of drug-likeness (QED) is 0.395. The van der Waals surface area contributed by atoms with E-state index in [1.165, 1.54) is 10.5 Å². The molecule has 1 aromatic carbocycles. The Labute approximate surface area is 211 Å². The van der Waals surface area contributed by atoms with Gasteiger partial charge in [-0.3, -0.25) is 4.79 Å². The Kier molecular flexibility index (Phi) is 8.50. The van der Waals surface area contributed by atoms with Gasteiger partial charge in [-0.2, -0.15) is 0 Å². The molecule has 0 aliphatic carbocycles. The summed E-state index contributed by atoms with van der Waals surface area (Å²) >= 11 is 1.16. The zero-order valence-electron chi connectivity index (χ0n) is 21.0. The van der Waals surface area contributed by atoms with Gasteiger partial charge in [0.25, 0.3) is 0 Å². The highest BCUT2D eigenvalue weighted by Gasteiger charge is 2.25. The zero-order valence-corrected chi connectivity index (χ0v) is 21.8. The van der Waals surface area contributed by atoms with Gasteiger partial charge < -0.3 is 18.8 Å². The smallest absolute Gasteiger partial charge is 0.410 e. The highest BCUT2D eigenvalue weighted by atomic mass is 32.1. The van der Waals surface area contributed by atoms with E-state index in [2.05, 4.69) is 0 Å². The van der Waals surface area contributed by atoms with E-state index in [0.29, 0.717) is 4.83 Å². The number of carbonyl (C=O) groups excluding carboxylic acids is 2. The molecule has 0 spiro atoms. The highest BCUT2D eigenvalue weighted by Crippen LogP contribution is 2.28. The van der Waals surface area contributed by atoms with Gasteiger partial charge >= 0.3 is 12.1 Å². The van der Waals surface area contributed by atoms with E-state index in [9.17, 15) is 23.2 Å². The van der Waals surface area contributed by atoms with Gasteiger partial charge in [0.2, 0.25) is 5.43 Å². The van der Waals surface area contributed by atoms with Crippen LogP contribution in [0.2, 0.25) is 0 Å². The molecule has 0 bridgehead atoms. The molecule has 0 atom stereocenters. The van der Waals surface area contributed by atoms with Gasteiger partial charge in [-0.05, 0) is 53.5 Å². The Bertz CT molecular complexity index is 1360. The number of halogens is 2. The van der Waals surface area contributed by atoms with Crippen molar-refractivity contribution in [1.82, 2.24) is 9.30 Å². The number of thiazole rings is 1. The van der Waals surface area contributed by atoms with Crippen molar-refractivity contribution in [2.45, 2.75) is 53.1 Å². The van der Waals surface area contributed by atoms with Crippen LogP contribution in [0.15, 0.2) is 28.5 Å². The number of pyridine rings is 1. The van der Waals surface area contributed by atoms with E-state index < -0.39 is 23.0 Å². The molecule has 194 valence electrons. The molecule has 1 amide bonds. The lowest BCUT2D eigenvalue weighted by molar-refractivity contribution is 0.0294. The Hall–Kier alpha value is -3.27. The van der Waals surface area contributed by atoms with Gasteiger partial charge in [0, 0.05) is 30.2 Å². The Morgan fingerprint density at radius 3 is 2.44 bits per heavy atom. The molecule has 3 heterocycles. The summed E-state index contributed by atoms with van der Waals surface area (Å²) in [5, 5.41) is 1.60. The molecule has 0 saturated carbocycles. The molecular weight excluding hydrogens is 490 g/mol. The fraction of sp³-hybridized carbons (Fsp3) is 0.423. The number of amides is 1. The summed E-state index contributed by atoms with van der Waals surface area (Å²) in [5.41, 5.74) is -1.01. The number of hydrogen-bond donors (Lipinski definition) is 0. The van der Waals surface area contributed by atoms with E-state index >= 15 is 0 Å². The van der Waals surface area contributed by atoms with Crippen molar-refractivity contribution in [3.8, 4) is 0 Å². The summed E-state index contributed by atoms with van der Waals surface area (Å²) < 4.78 is 39.9. The normalized spacial score (nSPS) is 13.8. The van der Waals surface area contributed by atoms with Crippen molar-refractivity contribution < 1.29 is 27.8 Å². The number of hydrogen-bond acceptors (Lipinski definition) is 6. The molecule has 7 nitrogen and oxygen atoms in total. The van der Waals surface area contributed by atoms with E-state index in [0.717, 1.165) is 43.3 Å². The number of fused-ring (bicyclic) bond motifs is 3. The fourth-order valence-electron chi connectivity index (χ4n) is 3.86. The van der Waals surface area contributed by atoms with Gasteiger partial charge in [-0.15, -0.1) is 11.3 Å². The van der Waals surface area contributed by atoms with Crippen LogP contribution >= 0.6 is 11.3 Å². The first kappa shape index (κ1) is 27.3. The van der Waals surface area contributed by atoms with E-state index in [1.807, 2.05) is 20.8 Å². The minimum atomic E-state index is -1.14. The average Bonchev–Trinajstić information content (AvgIpc) is 3.49. The molecule has 0 radical (unpaired) electrons. The Morgan fingerprint density at radius 2 is 1.86 bits per heavy atom. The van der Waals surface area contributed by atoms with Gasteiger partial charge in [0.1, 0.15) is 16.0 Å². The van der Waals surface area contributed by atoms with Crippen LogP contribution in [0.1, 0.15) is 63.4 Å². The lowest BCUT2D eigenvalue weighted by Crippen LogP contribution is -2.34. The van der Waals surface area contributed by atoms with Gasteiger partial charge in [-0.25, -0.2) is 18.4 Å². The summed E-state index contributed by atoms with van der Waals surface area (Å²) in [6.45, 7) is 10.8. The number of esters is 1. The lowest BCUT2D eigenvalue weighted by atomic mass is 10.1. The standard InChI is InChI=1S/C17H13F2NO3S.C9H17NO2/c1-3-5-9-13(19)11(18)8-10-14(9)20-6-7-24-16(20)12(15(10)21)17(22)23-4-2;1-9(2,3)12-8(11)10-6-4-5-7-10/h3,5-8H,4H2,1-2H3;4-7H2,1-3H3/b5-3-;. The molecule has 1 fully saturated rings.